The summed E-state index contributed by atoms with van der Waals surface area (Å²) in [5.41, 5.74) is -0.876. The topological polar surface area (TPSA) is 72.8 Å². The average Bonchev–Trinajstić information content (AvgIpc) is 2.78. The van der Waals surface area contributed by atoms with E-state index in [1.165, 1.54) is 0 Å². The van der Waals surface area contributed by atoms with Gasteiger partial charge in [0.1, 0.15) is 11.9 Å². The largest absolute Gasteiger partial charge is 0.457 e. The minimum Gasteiger partial charge on any atom is -0.457 e. The molecular formula is C15H18O5. The van der Waals surface area contributed by atoms with Gasteiger partial charge in [0.05, 0.1) is 22.9 Å². The van der Waals surface area contributed by atoms with Crippen molar-refractivity contribution in [1.82, 2.24) is 0 Å². The zero-order valence-corrected chi connectivity index (χ0v) is 11.6. The van der Waals surface area contributed by atoms with Crippen LogP contribution in [0.5, 0.6) is 0 Å². The monoisotopic (exact) mass is 278 g/mol. The molecule has 2 fully saturated rings. The van der Waals surface area contributed by atoms with Crippen molar-refractivity contribution in [2.75, 3.05) is 0 Å². The van der Waals surface area contributed by atoms with Gasteiger partial charge in [-0.2, -0.15) is 0 Å². The van der Waals surface area contributed by atoms with Crippen molar-refractivity contribution >= 4 is 11.9 Å². The summed E-state index contributed by atoms with van der Waals surface area (Å²) in [6.07, 6.45) is 1.97. The van der Waals surface area contributed by atoms with Gasteiger partial charge in [0.2, 0.25) is 0 Å². The molecule has 5 nitrogen and oxygen atoms in total. The van der Waals surface area contributed by atoms with Crippen LogP contribution in [-0.2, 0) is 19.1 Å². The molecule has 0 amide bonds. The van der Waals surface area contributed by atoms with Crippen molar-refractivity contribution in [2.24, 2.45) is 17.3 Å². The van der Waals surface area contributed by atoms with Gasteiger partial charge in [-0.25, -0.2) is 0 Å². The van der Waals surface area contributed by atoms with Crippen molar-refractivity contribution in [1.29, 1.82) is 0 Å². The van der Waals surface area contributed by atoms with Gasteiger partial charge in [-0.1, -0.05) is 6.92 Å². The number of carbonyl (C=O) groups excluding carboxylic acids is 2. The third-order valence-electron chi connectivity index (χ3n) is 5.97. The number of rotatable bonds is 0. The number of hydrogen-bond acceptors (Lipinski definition) is 5. The van der Waals surface area contributed by atoms with Crippen LogP contribution in [0.2, 0.25) is 0 Å². The molecule has 0 unspecified atom stereocenters. The lowest BCUT2D eigenvalue weighted by atomic mass is 9.52. The molecule has 0 aromatic rings. The van der Waals surface area contributed by atoms with E-state index >= 15 is 0 Å². The van der Waals surface area contributed by atoms with Gasteiger partial charge in [-0.15, -0.1) is 0 Å². The minimum atomic E-state index is -1.02. The van der Waals surface area contributed by atoms with Crippen LogP contribution >= 0.6 is 0 Å². The van der Waals surface area contributed by atoms with Gasteiger partial charge in [-0.3, -0.25) is 9.59 Å². The first-order valence-corrected chi connectivity index (χ1v) is 7.26. The Hall–Kier alpha value is -1.36. The molecule has 2 aliphatic carbocycles. The molecule has 0 spiro atoms. The smallest absolute Gasteiger partial charge is 0.318 e. The normalized spacial score (nSPS) is 49.6. The average molecular weight is 278 g/mol. The van der Waals surface area contributed by atoms with E-state index in [0.29, 0.717) is 18.6 Å². The number of aliphatic hydroxyl groups is 1. The van der Waals surface area contributed by atoms with E-state index in [1.54, 1.807) is 6.92 Å². The highest BCUT2D eigenvalue weighted by Gasteiger charge is 2.70. The fourth-order valence-electron chi connectivity index (χ4n) is 4.68. The number of hydrogen-bond donors (Lipinski definition) is 1. The molecule has 2 heterocycles. The van der Waals surface area contributed by atoms with E-state index in [1.807, 2.05) is 6.92 Å². The van der Waals surface area contributed by atoms with E-state index in [9.17, 15) is 14.7 Å². The fourth-order valence-corrected chi connectivity index (χ4v) is 4.68. The number of carbonyl (C=O) groups is 2. The van der Waals surface area contributed by atoms with Crippen LogP contribution in [0, 0.1) is 17.3 Å². The van der Waals surface area contributed by atoms with Gasteiger partial charge in [0.25, 0.3) is 0 Å². The third-order valence-corrected chi connectivity index (χ3v) is 5.97. The Morgan fingerprint density at radius 3 is 2.80 bits per heavy atom. The summed E-state index contributed by atoms with van der Waals surface area (Å²) in [5, 5.41) is 11.1. The molecule has 5 heteroatoms. The summed E-state index contributed by atoms with van der Waals surface area (Å²) in [4.78, 5) is 24.0. The summed E-state index contributed by atoms with van der Waals surface area (Å²) in [7, 11) is 0. The van der Waals surface area contributed by atoms with Crippen molar-refractivity contribution in [3.8, 4) is 0 Å². The van der Waals surface area contributed by atoms with Crippen LogP contribution in [-0.4, -0.2) is 28.8 Å². The van der Waals surface area contributed by atoms with Crippen LogP contribution < -0.4 is 0 Å². The summed E-state index contributed by atoms with van der Waals surface area (Å²) < 4.78 is 10.9. The highest BCUT2D eigenvalue weighted by molar-refractivity contribution is 5.83. The Bertz CT molecular complexity index is 565. The van der Waals surface area contributed by atoms with Crippen LogP contribution in [0.3, 0.4) is 0 Å². The molecule has 0 bridgehead atoms. The quantitative estimate of drug-likeness (QED) is 0.676. The number of esters is 2. The maximum atomic E-state index is 12.2. The molecular weight excluding hydrogens is 260 g/mol. The molecule has 0 aromatic carbocycles. The first kappa shape index (κ1) is 12.4. The maximum Gasteiger partial charge on any atom is 0.318 e. The van der Waals surface area contributed by atoms with Crippen molar-refractivity contribution in [3.05, 3.63) is 11.3 Å². The van der Waals surface area contributed by atoms with Crippen molar-refractivity contribution in [3.63, 3.8) is 0 Å². The first-order valence-electron chi connectivity index (χ1n) is 7.26. The maximum absolute atomic E-state index is 12.2. The molecule has 1 saturated heterocycles. The highest BCUT2D eigenvalue weighted by atomic mass is 16.6. The molecule has 0 aromatic heterocycles. The summed E-state index contributed by atoms with van der Waals surface area (Å²) in [6.45, 7) is 3.72. The van der Waals surface area contributed by atoms with Gasteiger partial charge in [0.15, 0.2) is 0 Å². The molecule has 1 saturated carbocycles. The van der Waals surface area contributed by atoms with Crippen molar-refractivity contribution < 1.29 is 24.2 Å². The molecule has 4 aliphatic rings. The Kier molecular flexibility index (Phi) is 2.14. The lowest BCUT2D eigenvalue weighted by molar-refractivity contribution is -0.153. The Morgan fingerprint density at radius 1 is 1.30 bits per heavy atom. The zero-order chi connectivity index (χ0) is 14.3. The molecule has 0 radical (unpaired) electrons. The summed E-state index contributed by atoms with van der Waals surface area (Å²) in [6, 6.07) is 0. The van der Waals surface area contributed by atoms with Gasteiger partial charge < -0.3 is 14.6 Å². The molecule has 20 heavy (non-hydrogen) atoms. The second-order valence-electron chi connectivity index (χ2n) is 6.77. The van der Waals surface area contributed by atoms with Gasteiger partial charge >= 0.3 is 11.9 Å². The summed E-state index contributed by atoms with van der Waals surface area (Å²) >= 11 is 0. The first-order chi connectivity index (χ1) is 9.38. The highest BCUT2D eigenvalue weighted by Crippen LogP contribution is 2.63. The van der Waals surface area contributed by atoms with Gasteiger partial charge in [0, 0.05) is 12.0 Å². The lowest BCUT2D eigenvalue weighted by Crippen LogP contribution is -2.59. The van der Waals surface area contributed by atoms with Crippen LogP contribution in [0.15, 0.2) is 11.3 Å². The number of fused-ring (bicyclic) bond motifs is 1. The Balaban J connectivity index is 1.91. The van der Waals surface area contributed by atoms with E-state index in [0.717, 1.165) is 18.4 Å². The molecule has 2 aliphatic heterocycles. The predicted octanol–water partition coefficient (Wildman–Crippen LogP) is 1.30. The molecule has 108 valence electrons. The van der Waals surface area contributed by atoms with Crippen LogP contribution in [0.1, 0.15) is 39.5 Å². The summed E-state index contributed by atoms with van der Waals surface area (Å²) in [5.74, 6) is -0.674. The molecule has 1 N–H and O–H groups in total. The fraction of sp³-hybridized carbons (Fsp3) is 0.733. The Morgan fingerprint density at radius 2 is 2.05 bits per heavy atom. The van der Waals surface area contributed by atoms with Crippen LogP contribution in [0.4, 0.5) is 0 Å². The van der Waals surface area contributed by atoms with E-state index in [2.05, 4.69) is 0 Å². The van der Waals surface area contributed by atoms with E-state index in [-0.39, 0.29) is 23.8 Å². The molecule has 5 atom stereocenters. The van der Waals surface area contributed by atoms with Gasteiger partial charge in [-0.05, 0) is 26.2 Å². The lowest BCUT2D eigenvalue weighted by Gasteiger charge is -2.52. The van der Waals surface area contributed by atoms with Crippen molar-refractivity contribution in [2.45, 2.75) is 51.2 Å². The van der Waals surface area contributed by atoms with Crippen LogP contribution in [0.25, 0.3) is 0 Å². The van der Waals surface area contributed by atoms with E-state index < -0.39 is 17.1 Å². The second-order valence-corrected chi connectivity index (χ2v) is 6.77. The zero-order valence-electron chi connectivity index (χ0n) is 11.6. The van der Waals surface area contributed by atoms with E-state index in [4.69, 9.17) is 9.47 Å². The second kappa shape index (κ2) is 3.45. The standard InChI is InChI=1S/C15H18O5/c1-7-10-9(19-12(7)16)6-15(18)5-3-4-8-13(17)20-11(10)14(8,15)2/h7-8,11,18H,3-6H2,1-2H3/t7-,8+,11-,14-,15-/m0/s1. The minimum absolute atomic E-state index is 0.240. The predicted molar refractivity (Wildman–Crippen MR) is 67.2 cm³/mol. The SMILES string of the molecule is C[C@@H]1C(=O)OC2=C1[C@@H]1OC(=O)[C@H]3CCC[C@](O)(C2)[C@@]31C. The number of ether oxygens (including phenoxy) is 2. The third kappa shape index (κ3) is 1.14. The Labute approximate surface area is 116 Å². The molecule has 4 rings (SSSR count).